The van der Waals surface area contributed by atoms with Crippen LogP contribution >= 0.6 is 0 Å². The normalized spacial score (nSPS) is 12.7. The fraction of sp³-hybridized carbons (Fsp3) is 0.312. The van der Waals surface area contributed by atoms with Gasteiger partial charge in [-0.2, -0.15) is 0 Å². The summed E-state index contributed by atoms with van der Waals surface area (Å²) >= 11 is 0. The standard InChI is InChI=1S/C16H19N3O2/c1-11(18-10-15-17-7-8-19(15)2)14-9-12-5-4-6-13(20-3)16(12)21-14/h4-9,11,18H,10H2,1-3H3. The summed E-state index contributed by atoms with van der Waals surface area (Å²) in [5.74, 6) is 2.65. The molecule has 0 radical (unpaired) electrons. The molecule has 5 nitrogen and oxygen atoms in total. The Labute approximate surface area is 123 Å². The summed E-state index contributed by atoms with van der Waals surface area (Å²) < 4.78 is 13.3. The molecular formula is C16H19N3O2. The van der Waals surface area contributed by atoms with E-state index < -0.39 is 0 Å². The molecule has 5 heteroatoms. The van der Waals surface area contributed by atoms with Crippen molar-refractivity contribution >= 4 is 11.0 Å². The molecule has 2 aromatic heterocycles. The van der Waals surface area contributed by atoms with E-state index in [0.29, 0.717) is 6.54 Å². The second-order valence-corrected chi connectivity index (χ2v) is 5.08. The third-order valence-electron chi connectivity index (χ3n) is 3.66. The maximum Gasteiger partial charge on any atom is 0.176 e. The Balaban J connectivity index is 1.78. The summed E-state index contributed by atoms with van der Waals surface area (Å²) in [4.78, 5) is 4.30. The van der Waals surface area contributed by atoms with Crippen LogP contribution < -0.4 is 10.1 Å². The predicted octanol–water partition coefficient (Wildman–Crippen LogP) is 3.03. The lowest BCUT2D eigenvalue weighted by atomic mass is 10.2. The molecule has 0 saturated heterocycles. The summed E-state index contributed by atoms with van der Waals surface area (Å²) in [5.41, 5.74) is 0.792. The number of hydrogen-bond acceptors (Lipinski definition) is 4. The summed E-state index contributed by atoms with van der Waals surface area (Å²) in [7, 11) is 3.64. The van der Waals surface area contributed by atoms with Crippen molar-refractivity contribution in [3.63, 3.8) is 0 Å². The minimum atomic E-state index is 0.0961. The van der Waals surface area contributed by atoms with Crippen molar-refractivity contribution in [2.24, 2.45) is 7.05 Å². The minimum Gasteiger partial charge on any atom is -0.493 e. The van der Waals surface area contributed by atoms with Gasteiger partial charge in [0.1, 0.15) is 11.6 Å². The number of fused-ring (bicyclic) bond motifs is 1. The van der Waals surface area contributed by atoms with Gasteiger partial charge in [-0.1, -0.05) is 12.1 Å². The van der Waals surface area contributed by atoms with Gasteiger partial charge in [0.25, 0.3) is 0 Å². The molecule has 2 heterocycles. The Hall–Kier alpha value is -2.27. The first-order valence-corrected chi connectivity index (χ1v) is 6.95. The number of benzene rings is 1. The highest BCUT2D eigenvalue weighted by atomic mass is 16.5. The van der Waals surface area contributed by atoms with Gasteiger partial charge >= 0.3 is 0 Å². The van der Waals surface area contributed by atoms with E-state index in [1.807, 2.05) is 42.1 Å². The summed E-state index contributed by atoms with van der Waals surface area (Å²) in [5, 5.41) is 4.47. The summed E-state index contributed by atoms with van der Waals surface area (Å²) in [6, 6.07) is 8.04. The van der Waals surface area contributed by atoms with Crippen molar-refractivity contribution in [1.82, 2.24) is 14.9 Å². The van der Waals surface area contributed by atoms with Crippen molar-refractivity contribution in [2.75, 3.05) is 7.11 Å². The van der Waals surface area contributed by atoms with E-state index in [-0.39, 0.29) is 6.04 Å². The van der Waals surface area contributed by atoms with Crippen molar-refractivity contribution in [3.8, 4) is 5.75 Å². The van der Waals surface area contributed by atoms with Crippen LogP contribution in [0, 0.1) is 0 Å². The monoisotopic (exact) mass is 285 g/mol. The first kappa shape index (κ1) is 13.7. The molecule has 0 aliphatic carbocycles. The van der Waals surface area contributed by atoms with Gasteiger partial charge in [-0.15, -0.1) is 0 Å². The predicted molar refractivity (Wildman–Crippen MR) is 81.2 cm³/mol. The fourth-order valence-corrected chi connectivity index (χ4v) is 2.34. The first-order valence-electron chi connectivity index (χ1n) is 6.95. The molecule has 0 aliphatic heterocycles. The number of ether oxygens (including phenoxy) is 1. The molecule has 0 fully saturated rings. The summed E-state index contributed by atoms with van der Waals surface area (Å²) in [6.07, 6.45) is 3.74. The highest BCUT2D eigenvalue weighted by molar-refractivity contribution is 5.83. The fourth-order valence-electron chi connectivity index (χ4n) is 2.34. The SMILES string of the molecule is COc1cccc2cc(C(C)NCc3nccn3C)oc12. The molecule has 0 spiro atoms. The van der Waals surface area contributed by atoms with Crippen molar-refractivity contribution in [3.05, 3.63) is 48.2 Å². The molecule has 1 atom stereocenters. The van der Waals surface area contributed by atoms with Crippen LogP contribution in [0.1, 0.15) is 24.6 Å². The third kappa shape index (κ3) is 2.64. The van der Waals surface area contributed by atoms with Gasteiger partial charge in [0.15, 0.2) is 11.3 Å². The molecule has 0 aliphatic rings. The van der Waals surface area contributed by atoms with Crippen LogP contribution in [-0.2, 0) is 13.6 Å². The summed E-state index contributed by atoms with van der Waals surface area (Å²) in [6.45, 7) is 2.77. The number of methoxy groups -OCH3 is 1. The largest absolute Gasteiger partial charge is 0.493 e. The number of hydrogen-bond donors (Lipinski definition) is 1. The van der Waals surface area contributed by atoms with E-state index in [2.05, 4.69) is 17.2 Å². The maximum absolute atomic E-state index is 5.94. The van der Waals surface area contributed by atoms with Crippen molar-refractivity contribution in [1.29, 1.82) is 0 Å². The number of furan rings is 1. The zero-order chi connectivity index (χ0) is 14.8. The minimum absolute atomic E-state index is 0.0961. The van der Waals surface area contributed by atoms with E-state index in [1.165, 1.54) is 0 Å². The topological polar surface area (TPSA) is 52.2 Å². The van der Waals surface area contributed by atoms with E-state index in [0.717, 1.165) is 28.3 Å². The number of aryl methyl sites for hydroxylation is 1. The van der Waals surface area contributed by atoms with Gasteiger partial charge in [0.05, 0.1) is 19.7 Å². The lowest BCUT2D eigenvalue weighted by Crippen LogP contribution is -2.19. The Bertz CT molecular complexity index is 745. The molecule has 0 saturated carbocycles. The number of nitrogens with zero attached hydrogens (tertiary/aromatic N) is 2. The molecule has 1 aromatic carbocycles. The van der Waals surface area contributed by atoms with Gasteiger partial charge in [0, 0.05) is 24.8 Å². The van der Waals surface area contributed by atoms with Crippen molar-refractivity contribution < 1.29 is 9.15 Å². The third-order valence-corrected chi connectivity index (χ3v) is 3.66. The van der Waals surface area contributed by atoms with E-state index in [4.69, 9.17) is 9.15 Å². The second kappa shape index (κ2) is 5.61. The molecule has 0 bridgehead atoms. The lowest BCUT2D eigenvalue weighted by Gasteiger charge is -2.10. The average molecular weight is 285 g/mol. The van der Waals surface area contributed by atoms with Gasteiger partial charge in [-0.3, -0.25) is 0 Å². The lowest BCUT2D eigenvalue weighted by molar-refractivity contribution is 0.398. The zero-order valence-corrected chi connectivity index (χ0v) is 12.5. The van der Waals surface area contributed by atoms with Crippen molar-refractivity contribution in [2.45, 2.75) is 19.5 Å². The van der Waals surface area contributed by atoms with Crippen LogP contribution in [0.2, 0.25) is 0 Å². The van der Waals surface area contributed by atoms with Crippen LogP contribution in [0.5, 0.6) is 5.75 Å². The molecule has 110 valence electrons. The Morgan fingerprint density at radius 1 is 1.43 bits per heavy atom. The highest BCUT2D eigenvalue weighted by Gasteiger charge is 2.14. The number of para-hydroxylation sites is 1. The molecule has 0 amide bonds. The van der Waals surface area contributed by atoms with Crippen LogP contribution in [0.25, 0.3) is 11.0 Å². The number of imidazole rings is 1. The molecule has 3 aromatic rings. The Morgan fingerprint density at radius 3 is 3.00 bits per heavy atom. The van der Waals surface area contributed by atoms with E-state index in [1.54, 1.807) is 13.3 Å². The van der Waals surface area contributed by atoms with Crippen LogP contribution in [0.3, 0.4) is 0 Å². The smallest absolute Gasteiger partial charge is 0.176 e. The number of aromatic nitrogens is 2. The average Bonchev–Trinajstić information content (AvgIpc) is 3.10. The number of rotatable bonds is 5. The molecule has 21 heavy (non-hydrogen) atoms. The van der Waals surface area contributed by atoms with Crippen LogP contribution in [0.15, 0.2) is 41.1 Å². The van der Waals surface area contributed by atoms with Gasteiger partial charge in [-0.05, 0) is 19.1 Å². The van der Waals surface area contributed by atoms with Gasteiger partial charge in [0.2, 0.25) is 0 Å². The van der Waals surface area contributed by atoms with E-state index >= 15 is 0 Å². The molecular weight excluding hydrogens is 266 g/mol. The number of nitrogens with one attached hydrogen (secondary N) is 1. The first-order chi connectivity index (χ1) is 10.2. The van der Waals surface area contributed by atoms with Crippen LogP contribution in [0.4, 0.5) is 0 Å². The molecule has 1 N–H and O–H groups in total. The quantitative estimate of drug-likeness (QED) is 0.783. The Morgan fingerprint density at radius 2 is 2.29 bits per heavy atom. The maximum atomic E-state index is 5.94. The van der Waals surface area contributed by atoms with Gasteiger partial charge < -0.3 is 19.0 Å². The van der Waals surface area contributed by atoms with E-state index in [9.17, 15) is 0 Å². The van der Waals surface area contributed by atoms with Gasteiger partial charge in [-0.25, -0.2) is 4.98 Å². The molecule has 3 rings (SSSR count). The zero-order valence-electron chi connectivity index (χ0n) is 12.5. The second-order valence-electron chi connectivity index (χ2n) is 5.08. The molecule has 1 unspecified atom stereocenters. The highest BCUT2D eigenvalue weighted by Crippen LogP contribution is 2.30. The Kier molecular flexibility index (Phi) is 3.66. The van der Waals surface area contributed by atoms with Crippen LogP contribution in [-0.4, -0.2) is 16.7 Å².